The number of carbonyl (C=O) groups excluding carboxylic acids is 2. The number of nitrogens with one attached hydrogen (secondary N) is 2. The van der Waals surface area contributed by atoms with Gasteiger partial charge in [-0.05, 0) is 38.5 Å². The molecule has 8 nitrogen and oxygen atoms in total. The van der Waals surface area contributed by atoms with Crippen LogP contribution in [-0.2, 0) is 11.3 Å². The van der Waals surface area contributed by atoms with E-state index in [0.717, 1.165) is 5.76 Å². The Morgan fingerprint density at radius 2 is 2.18 bits per heavy atom. The van der Waals surface area contributed by atoms with Crippen molar-refractivity contribution in [2.75, 3.05) is 12.4 Å². The molecule has 2 N–H and O–H groups in total. The Bertz CT molecular complexity index is 978. The van der Waals surface area contributed by atoms with Crippen molar-refractivity contribution in [2.24, 2.45) is 0 Å². The van der Waals surface area contributed by atoms with Crippen molar-refractivity contribution < 1.29 is 18.7 Å². The molecule has 0 spiro atoms. The van der Waals surface area contributed by atoms with E-state index in [2.05, 4.69) is 20.5 Å². The van der Waals surface area contributed by atoms with Crippen LogP contribution in [0.15, 0.2) is 27.2 Å². The van der Waals surface area contributed by atoms with E-state index in [1.807, 2.05) is 12.1 Å². The van der Waals surface area contributed by atoms with Gasteiger partial charge in [-0.1, -0.05) is 23.1 Å². The summed E-state index contributed by atoms with van der Waals surface area (Å²) >= 11 is 2.69. The van der Waals surface area contributed by atoms with Crippen molar-refractivity contribution in [2.45, 2.75) is 36.9 Å². The summed E-state index contributed by atoms with van der Waals surface area (Å²) in [6.07, 6.45) is 1.61. The molecule has 3 aromatic rings. The summed E-state index contributed by atoms with van der Waals surface area (Å²) in [5.74, 6) is 0.231. The number of carbonyl (C=O) groups is 2. The second-order valence-electron chi connectivity index (χ2n) is 6.05. The van der Waals surface area contributed by atoms with Crippen LogP contribution in [0.5, 0.6) is 0 Å². The van der Waals surface area contributed by atoms with Crippen molar-refractivity contribution in [3.8, 4) is 0 Å². The fourth-order valence-corrected chi connectivity index (χ4v) is 4.67. The number of ether oxygens (including phenoxy) is 1. The smallest absolute Gasteiger partial charge is 0.339 e. The largest absolute Gasteiger partial charge is 0.467 e. The number of ketones is 1. The molecule has 28 heavy (non-hydrogen) atoms. The molecule has 0 aliphatic carbocycles. The van der Waals surface area contributed by atoms with Crippen LogP contribution in [0.4, 0.5) is 5.13 Å². The van der Waals surface area contributed by atoms with E-state index in [1.54, 1.807) is 27.0 Å². The Balaban J connectivity index is 1.65. The number of anilines is 1. The summed E-state index contributed by atoms with van der Waals surface area (Å²) in [5, 5.41) is 11.6. The highest BCUT2D eigenvalue weighted by molar-refractivity contribution is 8.02. The van der Waals surface area contributed by atoms with Gasteiger partial charge in [-0.15, -0.1) is 10.2 Å². The first-order valence-electron chi connectivity index (χ1n) is 8.48. The zero-order valence-electron chi connectivity index (χ0n) is 15.9. The van der Waals surface area contributed by atoms with Gasteiger partial charge in [0, 0.05) is 5.69 Å². The molecule has 0 aliphatic heterocycles. The van der Waals surface area contributed by atoms with Crippen LogP contribution < -0.4 is 5.32 Å². The van der Waals surface area contributed by atoms with Crippen LogP contribution in [0.3, 0.4) is 0 Å². The molecule has 0 amide bonds. The molecule has 3 aromatic heterocycles. The van der Waals surface area contributed by atoms with Crippen molar-refractivity contribution in [1.29, 1.82) is 0 Å². The number of hydrogen-bond acceptors (Lipinski definition) is 9. The van der Waals surface area contributed by atoms with E-state index in [-0.39, 0.29) is 5.78 Å². The number of rotatable bonds is 8. The molecule has 3 rings (SSSR count). The number of furan rings is 1. The number of esters is 1. The Hall–Kier alpha value is -2.59. The van der Waals surface area contributed by atoms with Crippen LogP contribution in [0, 0.1) is 13.8 Å². The van der Waals surface area contributed by atoms with Gasteiger partial charge in [-0.2, -0.15) is 0 Å². The van der Waals surface area contributed by atoms with E-state index in [1.165, 1.54) is 30.2 Å². The molecular weight excluding hydrogens is 400 g/mol. The maximum Gasteiger partial charge on any atom is 0.339 e. The highest BCUT2D eigenvalue weighted by atomic mass is 32.2. The maximum atomic E-state index is 12.9. The minimum absolute atomic E-state index is 0.110. The minimum atomic E-state index is -0.456. The summed E-state index contributed by atoms with van der Waals surface area (Å²) in [6, 6.07) is 3.69. The molecular formula is C18H20N4O4S2. The van der Waals surface area contributed by atoms with E-state index in [4.69, 9.17) is 9.15 Å². The van der Waals surface area contributed by atoms with Crippen LogP contribution in [-0.4, -0.2) is 39.3 Å². The normalized spacial score (nSPS) is 12.0. The molecule has 10 heteroatoms. The fourth-order valence-electron chi connectivity index (χ4n) is 2.72. The van der Waals surface area contributed by atoms with Gasteiger partial charge in [0.2, 0.25) is 5.13 Å². The summed E-state index contributed by atoms with van der Waals surface area (Å²) in [4.78, 5) is 27.8. The molecule has 0 fully saturated rings. The molecule has 0 unspecified atom stereocenters. The average molecular weight is 421 g/mol. The number of H-pyrrole nitrogens is 1. The summed E-state index contributed by atoms with van der Waals surface area (Å²) < 4.78 is 10.7. The number of aryl methyl sites for hydroxylation is 1. The van der Waals surface area contributed by atoms with Gasteiger partial charge in [0.15, 0.2) is 10.1 Å². The third kappa shape index (κ3) is 4.28. The lowest BCUT2D eigenvalue weighted by molar-refractivity contribution is 0.0599. The summed E-state index contributed by atoms with van der Waals surface area (Å²) in [7, 11) is 1.32. The minimum Gasteiger partial charge on any atom is -0.467 e. The molecule has 0 aliphatic rings. The van der Waals surface area contributed by atoms with Gasteiger partial charge in [0.05, 0.1) is 36.4 Å². The Morgan fingerprint density at radius 1 is 1.39 bits per heavy atom. The van der Waals surface area contributed by atoms with E-state index >= 15 is 0 Å². The lowest BCUT2D eigenvalue weighted by Gasteiger charge is -2.07. The van der Waals surface area contributed by atoms with E-state index in [9.17, 15) is 9.59 Å². The second kappa shape index (κ2) is 8.61. The molecule has 0 saturated heterocycles. The van der Waals surface area contributed by atoms with E-state index < -0.39 is 11.2 Å². The highest BCUT2D eigenvalue weighted by Gasteiger charge is 2.26. The predicted octanol–water partition coefficient (Wildman–Crippen LogP) is 3.84. The Kier molecular flexibility index (Phi) is 6.20. The van der Waals surface area contributed by atoms with Crippen LogP contribution in [0.2, 0.25) is 0 Å². The van der Waals surface area contributed by atoms with Crippen molar-refractivity contribution in [3.63, 3.8) is 0 Å². The van der Waals surface area contributed by atoms with Crippen LogP contribution in [0.1, 0.15) is 44.8 Å². The first-order chi connectivity index (χ1) is 13.4. The topological polar surface area (TPSA) is 110 Å². The standard InChI is InChI=1S/C18H20N4O4S2/c1-9-13(16(24)25-4)10(2)20-14(9)15(23)11(3)27-18-22-21-17(28-18)19-8-12-6-5-7-26-12/h5-7,11,20H,8H2,1-4H3,(H,19,21)/t11-/m1/s1. The van der Waals surface area contributed by atoms with Crippen molar-refractivity contribution in [1.82, 2.24) is 15.2 Å². The summed E-state index contributed by atoms with van der Waals surface area (Å²) in [5.41, 5.74) is 2.03. The van der Waals surface area contributed by atoms with Gasteiger partial charge in [0.1, 0.15) is 5.76 Å². The van der Waals surface area contributed by atoms with Gasteiger partial charge in [-0.25, -0.2) is 4.79 Å². The molecule has 0 saturated carbocycles. The third-order valence-corrected chi connectivity index (χ3v) is 6.19. The molecule has 3 heterocycles. The second-order valence-corrected chi connectivity index (χ2v) is 8.61. The molecule has 0 bridgehead atoms. The fraction of sp³-hybridized carbons (Fsp3) is 0.333. The molecule has 1 atom stereocenters. The number of thioether (sulfide) groups is 1. The molecule has 148 valence electrons. The number of Topliss-reactive ketones (excluding diaryl/α,β-unsaturated/α-hetero) is 1. The number of hydrogen-bond donors (Lipinski definition) is 2. The predicted molar refractivity (Wildman–Crippen MR) is 107 cm³/mol. The molecule has 0 radical (unpaired) electrons. The van der Waals surface area contributed by atoms with Gasteiger partial charge in [-0.3, -0.25) is 4.79 Å². The number of methoxy groups -OCH3 is 1. The Labute approximate surface area is 170 Å². The van der Waals surface area contributed by atoms with Crippen LogP contribution >= 0.6 is 23.1 Å². The third-order valence-electron chi connectivity index (χ3n) is 4.12. The van der Waals surface area contributed by atoms with E-state index in [0.29, 0.717) is 38.5 Å². The van der Waals surface area contributed by atoms with Crippen LogP contribution in [0.25, 0.3) is 0 Å². The lowest BCUT2D eigenvalue weighted by Crippen LogP contribution is -2.15. The number of nitrogens with zero attached hydrogens (tertiary/aromatic N) is 2. The number of aromatic amines is 1. The highest BCUT2D eigenvalue weighted by Crippen LogP contribution is 2.31. The van der Waals surface area contributed by atoms with Crippen molar-refractivity contribution >= 4 is 40.0 Å². The number of aromatic nitrogens is 3. The molecule has 0 aromatic carbocycles. The SMILES string of the molecule is COC(=O)c1c(C)[nH]c(C(=O)[C@@H](C)Sc2nnc(NCc3ccco3)s2)c1C. The first-order valence-corrected chi connectivity index (χ1v) is 10.2. The lowest BCUT2D eigenvalue weighted by atomic mass is 10.1. The average Bonchev–Trinajstić information content (AvgIpc) is 3.40. The first kappa shape index (κ1) is 20.2. The van der Waals surface area contributed by atoms with Gasteiger partial charge in [0.25, 0.3) is 0 Å². The maximum absolute atomic E-state index is 12.9. The zero-order chi connectivity index (χ0) is 20.3. The zero-order valence-corrected chi connectivity index (χ0v) is 17.5. The van der Waals surface area contributed by atoms with Gasteiger partial charge >= 0.3 is 5.97 Å². The van der Waals surface area contributed by atoms with Crippen molar-refractivity contribution in [3.05, 3.63) is 46.7 Å². The quantitative estimate of drug-likeness (QED) is 0.321. The summed E-state index contributed by atoms with van der Waals surface area (Å²) in [6.45, 7) is 5.80. The Morgan fingerprint density at radius 3 is 2.86 bits per heavy atom. The van der Waals surface area contributed by atoms with Gasteiger partial charge < -0.3 is 19.5 Å². The monoisotopic (exact) mass is 420 g/mol.